The second kappa shape index (κ2) is 7.93. The van der Waals surface area contributed by atoms with E-state index in [1.165, 1.54) is 6.33 Å². The zero-order chi connectivity index (χ0) is 18.5. The molecular weight excluding hydrogens is 326 g/mol. The standard InChI is InChI=1S/C20H27N5O/c1-2-3-9-20(16-6-4-12-23-16,17-7-14-22-15-24-17)18(26)19(10-11-21)8-5-13-25-19/h4-8,12-15,18,23,26H,2-3,9-11,21H2,1H3. The molecule has 1 aliphatic heterocycles. The van der Waals surface area contributed by atoms with Gasteiger partial charge in [-0.15, -0.1) is 0 Å². The molecule has 1 aliphatic rings. The van der Waals surface area contributed by atoms with Crippen LogP contribution in [0.1, 0.15) is 44.0 Å². The summed E-state index contributed by atoms with van der Waals surface area (Å²) in [6.45, 7) is 2.59. The molecule has 3 rings (SSSR count). The summed E-state index contributed by atoms with van der Waals surface area (Å²) in [5, 5.41) is 11.8. The first-order chi connectivity index (χ1) is 12.7. The summed E-state index contributed by atoms with van der Waals surface area (Å²) < 4.78 is 0. The van der Waals surface area contributed by atoms with Gasteiger partial charge in [-0.25, -0.2) is 9.97 Å². The van der Waals surface area contributed by atoms with Crippen molar-refractivity contribution in [2.75, 3.05) is 6.54 Å². The predicted molar refractivity (Wildman–Crippen MR) is 103 cm³/mol. The van der Waals surface area contributed by atoms with Crippen LogP contribution in [0.25, 0.3) is 0 Å². The van der Waals surface area contributed by atoms with Crippen LogP contribution in [0.15, 0.2) is 54.1 Å². The van der Waals surface area contributed by atoms with Crippen LogP contribution in [0.5, 0.6) is 0 Å². The van der Waals surface area contributed by atoms with Crippen LogP contribution in [0, 0.1) is 0 Å². The predicted octanol–water partition coefficient (Wildman–Crippen LogP) is 2.37. The Morgan fingerprint density at radius 3 is 2.85 bits per heavy atom. The van der Waals surface area contributed by atoms with E-state index in [9.17, 15) is 5.11 Å². The molecule has 0 spiro atoms. The van der Waals surface area contributed by atoms with Crippen molar-refractivity contribution in [1.29, 1.82) is 0 Å². The van der Waals surface area contributed by atoms with Crippen molar-refractivity contribution in [2.24, 2.45) is 10.7 Å². The molecule has 3 unspecified atom stereocenters. The van der Waals surface area contributed by atoms with E-state index in [2.05, 4.69) is 26.9 Å². The summed E-state index contributed by atoms with van der Waals surface area (Å²) in [4.78, 5) is 16.6. The lowest BCUT2D eigenvalue weighted by Gasteiger charge is -2.44. The van der Waals surface area contributed by atoms with Crippen molar-refractivity contribution in [3.05, 3.63) is 60.5 Å². The number of unbranched alkanes of at least 4 members (excludes halogenated alkanes) is 1. The van der Waals surface area contributed by atoms with E-state index in [1.54, 1.807) is 12.4 Å². The van der Waals surface area contributed by atoms with Crippen LogP contribution >= 0.6 is 0 Å². The number of aromatic nitrogens is 3. The van der Waals surface area contributed by atoms with Gasteiger partial charge < -0.3 is 15.8 Å². The third-order valence-corrected chi connectivity index (χ3v) is 5.31. The van der Waals surface area contributed by atoms with Gasteiger partial charge in [0.25, 0.3) is 0 Å². The topological polar surface area (TPSA) is 100 Å². The molecular formula is C20H27N5O. The minimum Gasteiger partial charge on any atom is -0.389 e. The lowest BCUT2D eigenvalue weighted by atomic mass is 9.65. The molecule has 6 heteroatoms. The number of nitrogens with two attached hydrogens (primary N) is 1. The quantitative estimate of drug-likeness (QED) is 0.644. The molecule has 0 aromatic carbocycles. The molecule has 4 N–H and O–H groups in total. The van der Waals surface area contributed by atoms with Crippen LogP contribution < -0.4 is 5.73 Å². The Bertz CT molecular complexity index is 729. The first-order valence-corrected chi connectivity index (χ1v) is 9.21. The Morgan fingerprint density at radius 1 is 1.38 bits per heavy atom. The number of aliphatic hydroxyl groups excluding tert-OH is 1. The number of nitrogens with one attached hydrogen (secondary N) is 1. The number of allylic oxidation sites excluding steroid dienone is 1. The van der Waals surface area contributed by atoms with Crippen molar-refractivity contribution in [3.63, 3.8) is 0 Å². The van der Waals surface area contributed by atoms with Crippen LogP contribution in [0.4, 0.5) is 0 Å². The fourth-order valence-corrected chi connectivity index (χ4v) is 3.98. The Hall–Kier alpha value is -2.31. The molecule has 2 aromatic heterocycles. The number of hydrogen-bond acceptors (Lipinski definition) is 5. The van der Waals surface area contributed by atoms with Crippen LogP contribution in [0.2, 0.25) is 0 Å². The number of rotatable bonds is 9. The minimum absolute atomic E-state index is 0.442. The fraction of sp³-hybridized carbons (Fsp3) is 0.450. The molecule has 138 valence electrons. The first-order valence-electron chi connectivity index (χ1n) is 9.21. The van der Waals surface area contributed by atoms with E-state index in [0.29, 0.717) is 13.0 Å². The SMILES string of the molecule is CCCCC(c1ccncn1)(c1ccc[nH]1)C(O)C1(CCN)C=CC=N1. The van der Waals surface area contributed by atoms with Crippen LogP contribution in [0.3, 0.4) is 0 Å². The van der Waals surface area contributed by atoms with Gasteiger partial charge in [0.2, 0.25) is 0 Å². The fourth-order valence-electron chi connectivity index (χ4n) is 3.98. The normalized spacial score (nSPS) is 22.4. The summed E-state index contributed by atoms with van der Waals surface area (Å²) in [5.74, 6) is 0. The van der Waals surface area contributed by atoms with Gasteiger partial charge in [0.15, 0.2) is 0 Å². The van der Waals surface area contributed by atoms with Gasteiger partial charge in [0.05, 0.1) is 17.2 Å². The molecule has 0 saturated heterocycles. The van der Waals surface area contributed by atoms with Gasteiger partial charge in [0, 0.05) is 24.3 Å². The summed E-state index contributed by atoms with van der Waals surface area (Å²) in [5.41, 5.74) is 6.14. The smallest absolute Gasteiger partial charge is 0.115 e. The summed E-state index contributed by atoms with van der Waals surface area (Å²) in [6.07, 6.45) is 13.2. The second-order valence-corrected chi connectivity index (χ2v) is 6.82. The van der Waals surface area contributed by atoms with E-state index < -0.39 is 17.1 Å². The van der Waals surface area contributed by atoms with Crippen molar-refractivity contribution in [3.8, 4) is 0 Å². The van der Waals surface area contributed by atoms with E-state index in [1.807, 2.05) is 36.5 Å². The highest BCUT2D eigenvalue weighted by molar-refractivity contribution is 5.75. The molecule has 6 nitrogen and oxygen atoms in total. The van der Waals surface area contributed by atoms with Gasteiger partial charge >= 0.3 is 0 Å². The molecule has 0 fully saturated rings. The Labute approximate surface area is 154 Å². The van der Waals surface area contributed by atoms with E-state index >= 15 is 0 Å². The van der Waals surface area contributed by atoms with Crippen LogP contribution in [-0.4, -0.2) is 44.5 Å². The molecule has 0 aliphatic carbocycles. The zero-order valence-electron chi connectivity index (χ0n) is 15.2. The van der Waals surface area contributed by atoms with Gasteiger partial charge in [0.1, 0.15) is 11.9 Å². The highest BCUT2D eigenvalue weighted by Gasteiger charge is 2.52. The average molecular weight is 353 g/mol. The highest BCUT2D eigenvalue weighted by Crippen LogP contribution is 2.45. The lowest BCUT2D eigenvalue weighted by molar-refractivity contribution is 0.0376. The number of aliphatic imine (C=N–C) groups is 1. The molecule has 26 heavy (non-hydrogen) atoms. The molecule has 3 atom stereocenters. The van der Waals surface area contributed by atoms with E-state index in [-0.39, 0.29) is 0 Å². The van der Waals surface area contributed by atoms with Gasteiger partial charge in [-0.2, -0.15) is 0 Å². The van der Waals surface area contributed by atoms with Crippen molar-refractivity contribution in [2.45, 2.75) is 49.7 Å². The van der Waals surface area contributed by atoms with Crippen molar-refractivity contribution < 1.29 is 5.11 Å². The summed E-state index contributed by atoms with van der Waals surface area (Å²) >= 11 is 0. The maximum atomic E-state index is 11.8. The third kappa shape index (κ3) is 3.10. The molecule has 0 saturated carbocycles. The number of aliphatic hydroxyl groups is 1. The molecule has 0 amide bonds. The highest BCUT2D eigenvalue weighted by atomic mass is 16.3. The second-order valence-electron chi connectivity index (χ2n) is 6.82. The van der Waals surface area contributed by atoms with Crippen molar-refractivity contribution >= 4 is 6.21 Å². The Morgan fingerprint density at radius 2 is 2.27 bits per heavy atom. The summed E-state index contributed by atoms with van der Waals surface area (Å²) in [7, 11) is 0. The first kappa shape index (κ1) is 18.5. The Balaban J connectivity index is 2.19. The monoisotopic (exact) mass is 353 g/mol. The van der Waals surface area contributed by atoms with Crippen molar-refractivity contribution in [1.82, 2.24) is 15.0 Å². The molecule has 0 bridgehead atoms. The van der Waals surface area contributed by atoms with Gasteiger partial charge in [-0.05, 0) is 43.7 Å². The maximum Gasteiger partial charge on any atom is 0.115 e. The summed E-state index contributed by atoms with van der Waals surface area (Å²) in [6, 6.07) is 5.85. The van der Waals surface area contributed by atoms with E-state index in [4.69, 9.17) is 5.73 Å². The maximum absolute atomic E-state index is 11.8. The average Bonchev–Trinajstić information content (AvgIpc) is 3.36. The molecule has 3 heterocycles. The minimum atomic E-state index is -0.811. The van der Waals surface area contributed by atoms with E-state index in [0.717, 1.165) is 30.7 Å². The Kier molecular flexibility index (Phi) is 5.64. The number of hydrogen-bond donors (Lipinski definition) is 3. The number of nitrogens with zero attached hydrogens (tertiary/aromatic N) is 3. The lowest BCUT2D eigenvalue weighted by Crippen LogP contribution is -2.54. The van der Waals surface area contributed by atoms with Gasteiger partial charge in [-0.1, -0.05) is 25.8 Å². The molecule has 2 aromatic rings. The number of H-pyrrole nitrogens is 1. The number of aromatic amines is 1. The van der Waals surface area contributed by atoms with Crippen LogP contribution in [-0.2, 0) is 5.41 Å². The zero-order valence-corrected chi connectivity index (χ0v) is 15.2. The van der Waals surface area contributed by atoms with Gasteiger partial charge in [-0.3, -0.25) is 4.99 Å². The molecule has 0 radical (unpaired) electrons. The third-order valence-electron chi connectivity index (χ3n) is 5.31. The largest absolute Gasteiger partial charge is 0.389 e.